The summed E-state index contributed by atoms with van der Waals surface area (Å²) in [5.41, 5.74) is 0.863. The third-order valence-corrected chi connectivity index (χ3v) is 4.50. The molecule has 4 heteroatoms. The van der Waals surface area contributed by atoms with E-state index in [4.69, 9.17) is 4.42 Å². The number of carbonyl (C=O) groups excluding carboxylic acids is 1. The van der Waals surface area contributed by atoms with Crippen LogP contribution >= 0.6 is 10.5 Å². The SMILES string of the molecule is C=S(CC)C(C)c1cc(CC(=O)OC)co1. The second kappa shape index (κ2) is 5.89. The molecule has 2 atom stereocenters. The van der Waals surface area contributed by atoms with E-state index in [9.17, 15) is 4.79 Å². The molecular formula is C12H18O3S. The fourth-order valence-corrected chi connectivity index (χ4v) is 2.31. The molecule has 1 heterocycles. The maximum Gasteiger partial charge on any atom is 0.310 e. The summed E-state index contributed by atoms with van der Waals surface area (Å²) in [5.74, 6) is 5.79. The van der Waals surface area contributed by atoms with Crippen LogP contribution in [0.1, 0.15) is 30.4 Å². The van der Waals surface area contributed by atoms with E-state index in [0.29, 0.717) is 5.25 Å². The molecule has 0 bridgehead atoms. The molecule has 0 aromatic carbocycles. The Labute approximate surface area is 98.7 Å². The van der Waals surface area contributed by atoms with Gasteiger partial charge in [-0.15, -0.1) is 0 Å². The summed E-state index contributed by atoms with van der Waals surface area (Å²) in [6, 6.07) is 1.92. The maximum absolute atomic E-state index is 11.1. The van der Waals surface area contributed by atoms with Gasteiger partial charge in [-0.25, -0.2) is 0 Å². The Hall–Kier alpha value is -1.03. The maximum atomic E-state index is 11.1. The van der Waals surface area contributed by atoms with Crippen LogP contribution in [0.25, 0.3) is 0 Å². The van der Waals surface area contributed by atoms with Crippen LogP contribution in [-0.2, 0) is 16.0 Å². The van der Waals surface area contributed by atoms with Crippen molar-refractivity contribution < 1.29 is 13.9 Å². The normalized spacial score (nSPS) is 14.4. The van der Waals surface area contributed by atoms with E-state index in [1.165, 1.54) is 7.11 Å². The molecule has 1 aromatic heterocycles. The summed E-state index contributed by atoms with van der Waals surface area (Å²) >= 11 is 0. The topological polar surface area (TPSA) is 39.4 Å². The van der Waals surface area contributed by atoms with Gasteiger partial charge in [-0.1, -0.05) is 12.8 Å². The van der Waals surface area contributed by atoms with Crippen molar-refractivity contribution in [3.8, 4) is 0 Å². The van der Waals surface area contributed by atoms with Crippen LogP contribution in [0, 0.1) is 0 Å². The summed E-state index contributed by atoms with van der Waals surface area (Å²) in [4.78, 5) is 11.1. The van der Waals surface area contributed by atoms with Gasteiger partial charge in [0.25, 0.3) is 0 Å². The molecular weight excluding hydrogens is 224 g/mol. The lowest BCUT2D eigenvalue weighted by molar-refractivity contribution is -0.139. The number of methoxy groups -OCH3 is 1. The van der Waals surface area contributed by atoms with Gasteiger partial charge in [0.2, 0.25) is 0 Å². The number of furan rings is 1. The number of esters is 1. The van der Waals surface area contributed by atoms with Crippen LogP contribution in [0.3, 0.4) is 0 Å². The Morgan fingerprint density at radius 3 is 2.94 bits per heavy atom. The molecule has 0 saturated carbocycles. The molecule has 0 amide bonds. The van der Waals surface area contributed by atoms with Crippen LogP contribution in [0.4, 0.5) is 0 Å². The van der Waals surface area contributed by atoms with Crippen LogP contribution in [0.2, 0.25) is 0 Å². The summed E-state index contributed by atoms with van der Waals surface area (Å²) in [6.07, 6.45) is 1.89. The Balaban J connectivity index is 2.71. The Morgan fingerprint density at radius 2 is 2.38 bits per heavy atom. The van der Waals surface area contributed by atoms with Gasteiger partial charge in [-0.3, -0.25) is 4.79 Å². The second-order valence-electron chi connectivity index (χ2n) is 3.58. The molecule has 0 N–H and O–H groups in total. The molecule has 0 aliphatic heterocycles. The minimum Gasteiger partial charge on any atom is -0.469 e. The summed E-state index contributed by atoms with van der Waals surface area (Å²) < 4.78 is 10.1. The molecule has 2 unspecified atom stereocenters. The van der Waals surface area contributed by atoms with Gasteiger partial charge < -0.3 is 9.15 Å². The third kappa shape index (κ3) is 3.23. The fraction of sp³-hybridized carbons (Fsp3) is 0.500. The molecule has 90 valence electrons. The quantitative estimate of drug-likeness (QED) is 0.588. The molecule has 0 spiro atoms. The summed E-state index contributed by atoms with van der Waals surface area (Å²) in [6.45, 7) is 4.21. The van der Waals surface area contributed by atoms with Crippen molar-refractivity contribution in [1.29, 1.82) is 0 Å². The van der Waals surface area contributed by atoms with Gasteiger partial charge in [0.05, 0.1) is 25.0 Å². The standard InChI is InChI=1S/C12H18O3S/c1-5-16(4)9(2)11-6-10(8-15-11)7-12(13)14-3/h6,8-9H,4-5,7H2,1-3H3. The molecule has 1 rings (SSSR count). The lowest BCUT2D eigenvalue weighted by Crippen LogP contribution is -2.03. The third-order valence-electron chi connectivity index (χ3n) is 2.52. The van der Waals surface area contributed by atoms with E-state index in [0.717, 1.165) is 17.1 Å². The second-order valence-corrected chi connectivity index (χ2v) is 5.94. The molecule has 3 nitrogen and oxygen atoms in total. The number of ether oxygens (including phenoxy) is 1. The van der Waals surface area contributed by atoms with Gasteiger partial charge in [-0.05, 0) is 18.7 Å². The van der Waals surface area contributed by atoms with E-state index in [1.807, 2.05) is 6.07 Å². The average Bonchev–Trinajstić information content (AvgIpc) is 2.75. The van der Waals surface area contributed by atoms with Crippen molar-refractivity contribution in [2.75, 3.05) is 12.9 Å². The molecule has 16 heavy (non-hydrogen) atoms. The van der Waals surface area contributed by atoms with Crippen molar-refractivity contribution in [2.24, 2.45) is 0 Å². The minimum absolute atomic E-state index is 0.0662. The average molecular weight is 242 g/mol. The molecule has 1 aromatic rings. The number of hydrogen-bond donors (Lipinski definition) is 0. The van der Waals surface area contributed by atoms with Gasteiger partial charge in [-0.2, -0.15) is 10.5 Å². The fourth-order valence-electron chi connectivity index (χ4n) is 1.35. The smallest absolute Gasteiger partial charge is 0.310 e. The Bertz CT molecular complexity index is 381. The van der Waals surface area contributed by atoms with E-state index < -0.39 is 0 Å². The summed E-state index contributed by atoms with van der Waals surface area (Å²) in [7, 11) is 1.45. The highest BCUT2D eigenvalue weighted by atomic mass is 32.2. The summed E-state index contributed by atoms with van der Waals surface area (Å²) in [5, 5.41) is 0.302. The van der Waals surface area contributed by atoms with Crippen LogP contribution in [0.15, 0.2) is 16.7 Å². The predicted octanol–water partition coefficient (Wildman–Crippen LogP) is 2.78. The zero-order chi connectivity index (χ0) is 12.1. The first kappa shape index (κ1) is 13.0. The van der Waals surface area contributed by atoms with Gasteiger partial charge in [0, 0.05) is 5.56 Å². The number of carbonyl (C=O) groups is 1. The van der Waals surface area contributed by atoms with E-state index in [1.54, 1.807) is 6.26 Å². The monoisotopic (exact) mass is 242 g/mol. The van der Waals surface area contributed by atoms with Crippen molar-refractivity contribution in [2.45, 2.75) is 25.5 Å². The molecule has 0 aliphatic carbocycles. The highest BCUT2D eigenvalue weighted by molar-refractivity contribution is 8.14. The number of hydrogen-bond acceptors (Lipinski definition) is 3. The van der Waals surface area contributed by atoms with Crippen LogP contribution in [0.5, 0.6) is 0 Å². The lowest BCUT2D eigenvalue weighted by atomic mass is 10.2. The molecule has 0 aliphatic rings. The van der Waals surface area contributed by atoms with Crippen molar-refractivity contribution in [3.05, 3.63) is 23.7 Å². The van der Waals surface area contributed by atoms with E-state index in [-0.39, 0.29) is 22.9 Å². The Morgan fingerprint density at radius 1 is 1.69 bits per heavy atom. The first-order valence-electron chi connectivity index (χ1n) is 5.22. The Kier molecular flexibility index (Phi) is 4.80. The first-order chi connectivity index (χ1) is 7.58. The predicted molar refractivity (Wildman–Crippen MR) is 68.1 cm³/mol. The zero-order valence-corrected chi connectivity index (χ0v) is 10.8. The minimum atomic E-state index is -0.246. The van der Waals surface area contributed by atoms with Crippen molar-refractivity contribution >= 4 is 22.3 Å². The highest BCUT2D eigenvalue weighted by Gasteiger charge is 2.13. The van der Waals surface area contributed by atoms with Crippen molar-refractivity contribution in [3.63, 3.8) is 0 Å². The van der Waals surface area contributed by atoms with Gasteiger partial charge in [0.1, 0.15) is 5.76 Å². The van der Waals surface area contributed by atoms with Crippen LogP contribution < -0.4 is 0 Å². The van der Waals surface area contributed by atoms with Crippen LogP contribution in [-0.4, -0.2) is 24.7 Å². The number of rotatable bonds is 5. The highest BCUT2D eigenvalue weighted by Crippen LogP contribution is 2.33. The lowest BCUT2D eigenvalue weighted by Gasteiger charge is -2.10. The zero-order valence-electron chi connectivity index (χ0n) is 9.99. The first-order valence-corrected chi connectivity index (χ1v) is 6.84. The van der Waals surface area contributed by atoms with Crippen molar-refractivity contribution in [1.82, 2.24) is 0 Å². The van der Waals surface area contributed by atoms with E-state index >= 15 is 0 Å². The molecule has 0 fully saturated rings. The molecule has 0 saturated heterocycles. The van der Waals surface area contributed by atoms with E-state index in [2.05, 4.69) is 24.5 Å². The largest absolute Gasteiger partial charge is 0.469 e. The van der Waals surface area contributed by atoms with Gasteiger partial charge in [0.15, 0.2) is 0 Å². The van der Waals surface area contributed by atoms with Gasteiger partial charge >= 0.3 is 5.97 Å². The molecule has 0 radical (unpaired) electrons.